The lowest BCUT2D eigenvalue weighted by Gasteiger charge is -2.33. The molecule has 2 aromatic heterocycles. The Balaban J connectivity index is 1.59. The molecule has 0 bridgehead atoms. The minimum atomic E-state index is -0.457. The number of pyridine rings is 2. The lowest BCUT2D eigenvalue weighted by molar-refractivity contribution is 0.0204. The van der Waals surface area contributed by atoms with E-state index in [0.717, 1.165) is 30.2 Å². The SMILES string of the molecule is CC(C)(C)OC(=O)N1CCC(c2cccc(Nc3ccccn3)n2)CC1. The number of hydrogen-bond donors (Lipinski definition) is 1. The molecule has 0 radical (unpaired) electrons. The Morgan fingerprint density at radius 2 is 1.85 bits per heavy atom. The van der Waals surface area contributed by atoms with E-state index in [9.17, 15) is 4.79 Å². The lowest BCUT2D eigenvalue weighted by Crippen LogP contribution is -2.41. The molecular formula is C20H26N4O2. The van der Waals surface area contributed by atoms with Gasteiger partial charge in [0, 0.05) is 30.9 Å². The first kappa shape index (κ1) is 18.2. The average Bonchev–Trinajstić information content (AvgIpc) is 2.61. The molecule has 3 rings (SSSR count). The molecule has 6 nitrogen and oxygen atoms in total. The van der Waals surface area contributed by atoms with E-state index in [2.05, 4.69) is 16.4 Å². The summed E-state index contributed by atoms with van der Waals surface area (Å²) in [5.41, 5.74) is 0.593. The third-order valence-corrected chi connectivity index (χ3v) is 4.26. The second kappa shape index (κ2) is 7.72. The molecule has 2 aromatic rings. The maximum atomic E-state index is 12.2. The minimum absolute atomic E-state index is 0.227. The van der Waals surface area contributed by atoms with Gasteiger partial charge in [-0.3, -0.25) is 0 Å². The van der Waals surface area contributed by atoms with E-state index < -0.39 is 5.60 Å². The Bertz CT molecular complexity index is 735. The van der Waals surface area contributed by atoms with Gasteiger partial charge in [0.05, 0.1) is 0 Å². The highest BCUT2D eigenvalue weighted by Crippen LogP contribution is 2.28. The van der Waals surface area contributed by atoms with Crippen LogP contribution in [0.1, 0.15) is 45.2 Å². The monoisotopic (exact) mass is 354 g/mol. The van der Waals surface area contributed by atoms with Crippen molar-refractivity contribution < 1.29 is 9.53 Å². The van der Waals surface area contributed by atoms with E-state index in [-0.39, 0.29) is 6.09 Å². The van der Waals surface area contributed by atoms with Crippen molar-refractivity contribution in [2.24, 2.45) is 0 Å². The van der Waals surface area contributed by atoms with Gasteiger partial charge in [-0.2, -0.15) is 0 Å². The molecule has 6 heteroatoms. The van der Waals surface area contributed by atoms with Crippen LogP contribution in [0.3, 0.4) is 0 Å². The maximum absolute atomic E-state index is 12.2. The van der Waals surface area contributed by atoms with Gasteiger partial charge < -0.3 is 15.0 Å². The van der Waals surface area contributed by atoms with Gasteiger partial charge in [-0.15, -0.1) is 0 Å². The molecule has 26 heavy (non-hydrogen) atoms. The summed E-state index contributed by atoms with van der Waals surface area (Å²) in [6.45, 7) is 7.06. The van der Waals surface area contributed by atoms with Gasteiger partial charge in [0.2, 0.25) is 0 Å². The maximum Gasteiger partial charge on any atom is 0.410 e. The predicted octanol–water partition coefficient (Wildman–Crippen LogP) is 4.33. The van der Waals surface area contributed by atoms with Crippen LogP contribution >= 0.6 is 0 Å². The molecule has 0 unspecified atom stereocenters. The quantitative estimate of drug-likeness (QED) is 0.888. The first-order valence-electron chi connectivity index (χ1n) is 9.04. The van der Waals surface area contributed by atoms with E-state index in [0.29, 0.717) is 19.0 Å². The number of nitrogens with one attached hydrogen (secondary N) is 1. The largest absolute Gasteiger partial charge is 0.444 e. The lowest BCUT2D eigenvalue weighted by atomic mass is 9.93. The van der Waals surface area contributed by atoms with Crippen molar-refractivity contribution >= 4 is 17.7 Å². The molecule has 1 fully saturated rings. The van der Waals surface area contributed by atoms with E-state index in [4.69, 9.17) is 9.72 Å². The Morgan fingerprint density at radius 3 is 2.50 bits per heavy atom. The Kier molecular flexibility index (Phi) is 5.40. The Morgan fingerprint density at radius 1 is 1.12 bits per heavy atom. The molecule has 0 atom stereocenters. The van der Waals surface area contributed by atoms with Gasteiger partial charge in [0.1, 0.15) is 17.2 Å². The fourth-order valence-electron chi connectivity index (χ4n) is 3.00. The van der Waals surface area contributed by atoms with Crippen LogP contribution in [-0.4, -0.2) is 39.7 Å². The van der Waals surface area contributed by atoms with Crippen LogP contribution in [0, 0.1) is 0 Å². The van der Waals surface area contributed by atoms with E-state index >= 15 is 0 Å². The highest BCUT2D eigenvalue weighted by Gasteiger charge is 2.28. The summed E-state index contributed by atoms with van der Waals surface area (Å²) in [6.07, 6.45) is 3.30. The zero-order valence-corrected chi connectivity index (χ0v) is 15.6. The number of likely N-dealkylation sites (tertiary alicyclic amines) is 1. The molecule has 3 heterocycles. The molecule has 0 aliphatic carbocycles. The number of rotatable bonds is 3. The number of ether oxygens (including phenoxy) is 1. The summed E-state index contributed by atoms with van der Waals surface area (Å²) in [5, 5.41) is 3.23. The van der Waals surface area contributed by atoms with Crippen LogP contribution in [0.15, 0.2) is 42.6 Å². The summed E-state index contributed by atoms with van der Waals surface area (Å²) in [7, 11) is 0. The van der Waals surface area contributed by atoms with Crippen LogP contribution < -0.4 is 5.32 Å². The average molecular weight is 354 g/mol. The molecule has 0 spiro atoms. The summed E-state index contributed by atoms with van der Waals surface area (Å²) in [5.74, 6) is 1.91. The van der Waals surface area contributed by atoms with Gasteiger partial charge in [-0.1, -0.05) is 12.1 Å². The van der Waals surface area contributed by atoms with Crippen molar-refractivity contribution in [3.63, 3.8) is 0 Å². The number of nitrogens with zero attached hydrogens (tertiary/aromatic N) is 3. The first-order valence-corrected chi connectivity index (χ1v) is 9.04. The zero-order chi connectivity index (χ0) is 18.6. The number of amides is 1. The van der Waals surface area contributed by atoms with Crippen molar-refractivity contribution in [3.8, 4) is 0 Å². The van der Waals surface area contributed by atoms with Crippen LogP contribution in [0.4, 0.5) is 16.4 Å². The van der Waals surface area contributed by atoms with Crippen molar-refractivity contribution in [2.45, 2.75) is 45.1 Å². The molecule has 0 aromatic carbocycles. The van der Waals surface area contributed by atoms with E-state index in [1.54, 1.807) is 11.1 Å². The molecule has 1 aliphatic heterocycles. The normalized spacial score (nSPS) is 15.6. The van der Waals surface area contributed by atoms with Crippen LogP contribution in [0.5, 0.6) is 0 Å². The van der Waals surface area contributed by atoms with Crippen LogP contribution in [-0.2, 0) is 4.74 Å². The number of piperidine rings is 1. The van der Waals surface area contributed by atoms with Gasteiger partial charge in [0.25, 0.3) is 0 Å². The van der Waals surface area contributed by atoms with Crippen molar-refractivity contribution in [1.82, 2.24) is 14.9 Å². The third-order valence-electron chi connectivity index (χ3n) is 4.26. The number of carbonyl (C=O) groups is 1. The first-order chi connectivity index (χ1) is 12.4. The standard InChI is InChI=1S/C20H26N4O2/c1-20(2,3)26-19(25)24-13-10-15(11-14-24)16-7-6-9-18(22-16)23-17-8-4-5-12-21-17/h4-9,12,15H,10-11,13-14H2,1-3H3,(H,21,22,23). The Labute approximate surface area is 154 Å². The highest BCUT2D eigenvalue weighted by atomic mass is 16.6. The second-order valence-electron chi connectivity index (χ2n) is 7.53. The van der Waals surface area contributed by atoms with Gasteiger partial charge in [-0.05, 0) is 57.9 Å². The topological polar surface area (TPSA) is 67.3 Å². The fourth-order valence-corrected chi connectivity index (χ4v) is 3.00. The predicted molar refractivity (Wildman–Crippen MR) is 102 cm³/mol. The molecule has 0 saturated carbocycles. The van der Waals surface area contributed by atoms with Crippen molar-refractivity contribution in [1.29, 1.82) is 0 Å². The van der Waals surface area contributed by atoms with Gasteiger partial charge in [-0.25, -0.2) is 14.8 Å². The number of aromatic nitrogens is 2. The summed E-state index contributed by atoms with van der Waals surface area (Å²) < 4.78 is 5.46. The van der Waals surface area contributed by atoms with E-state index in [1.165, 1.54) is 0 Å². The van der Waals surface area contributed by atoms with Crippen LogP contribution in [0.25, 0.3) is 0 Å². The van der Waals surface area contributed by atoms with Crippen LogP contribution in [0.2, 0.25) is 0 Å². The number of carbonyl (C=O) groups excluding carboxylic acids is 1. The molecule has 1 saturated heterocycles. The summed E-state index contributed by atoms with van der Waals surface area (Å²) in [6, 6.07) is 11.7. The molecule has 1 N–H and O–H groups in total. The Hall–Kier alpha value is -2.63. The number of hydrogen-bond acceptors (Lipinski definition) is 5. The third kappa shape index (κ3) is 4.94. The number of anilines is 2. The fraction of sp³-hybridized carbons (Fsp3) is 0.450. The molecular weight excluding hydrogens is 328 g/mol. The molecule has 138 valence electrons. The minimum Gasteiger partial charge on any atom is -0.444 e. The molecule has 1 amide bonds. The second-order valence-corrected chi connectivity index (χ2v) is 7.53. The highest BCUT2D eigenvalue weighted by molar-refractivity contribution is 5.68. The van der Waals surface area contributed by atoms with Gasteiger partial charge >= 0.3 is 6.09 Å². The zero-order valence-electron chi connectivity index (χ0n) is 15.6. The molecule has 1 aliphatic rings. The van der Waals surface area contributed by atoms with Crippen molar-refractivity contribution in [3.05, 3.63) is 48.3 Å². The summed E-state index contributed by atoms with van der Waals surface area (Å²) >= 11 is 0. The smallest absolute Gasteiger partial charge is 0.410 e. The summed E-state index contributed by atoms with van der Waals surface area (Å²) in [4.78, 5) is 23.0. The van der Waals surface area contributed by atoms with E-state index in [1.807, 2.05) is 51.1 Å². The van der Waals surface area contributed by atoms with Crippen molar-refractivity contribution in [2.75, 3.05) is 18.4 Å². The van der Waals surface area contributed by atoms with Gasteiger partial charge in [0.15, 0.2) is 0 Å².